The minimum atomic E-state index is -3.61. The molecule has 3 rings (SSSR count). The van der Waals surface area contributed by atoms with Crippen molar-refractivity contribution in [2.24, 2.45) is 0 Å². The Kier molecular flexibility index (Phi) is 4.78. The average Bonchev–Trinajstić information content (AvgIpc) is 2.61. The van der Waals surface area contributed by atoms with Crippen LogP contribution in [0, 0.1) is 0 Å². The van der Waals surface area contributed by atoms with E-state index in [-0.39, 0.29) is 10.9 Å². The number of rotatable bonds is 5. The van der Waals surface area contributed by atoms with Crippen molar-refractivity contribution >= 4 is 10.0 Å². The van der Waals surface area contributed by atoms with Crippen LogP contribution in [0.2, 0.25) is 0 Å². The van der Waals surface area contributed by atoms with Gasteiger partial charge in [-0.1, -0.05) is 25.1 Å². The molecule has 0 fully saturated rings. The van der Waals surface area contributed by atoms with Crippen molar-refractivity contribution < 1.29 is 17.9 Å². The predicted octanol–water partition coefficient (Wildman–Crippen LogP) is 3.06. The van der Waals surface area contributed by atoms with Crippen molar-refractivity contribution in [1.82, 2.24) is 4.72 Å². The second kappa shape index (κ2) is 6.83. The number of aryl methyl sites for hydroxylation is 1. The van der Waals surface area contributed by atoms with Crippen molar-refractivity contribution in [2.75, 3.05) is 13.7 Å². The number of methoxy groups -OCH3 is 1. The van der Waals surface area contributed by atoms with E-state index in [1.165, 1.54) is 0 Å². The highest BCUT2D eigenvalue weighted by atomic mass is 32.2. The summed E-state index contributed by atoms with van der Waals surface area (Å²) in [4.78, 5) is 0.225. The van der Waals surface area contributed by atoms with Gasteiger partial charge in [0.25, 0.3) is 0 Å². The second-order valence-corrected chi connectivity index (χ2v) is 7.39. The van der Waals surface area contributed by atoms with Gasteiger partial charge in [0, 0.05) is 12.0 Å². The quantitative estimate of drug-likeness (QED) is 0.903. The van der Waals surface area contributed by atoms with Gasteiger partial charge in [-0.2, -0.15) is 0 Å². The van der Waals surface area contributed by atoms with Crippen LogP contribution in [0.1, 0.15) is 30.5 Å². The molecule has 1 N–H and O–H groups in total. The maximum absolute atomic E-state index is 12.7. The van der Waals surface area contributed by atoms with Crippen LogP contribution in [0.5, 0.6) is 11.5 Å². The van der Waals surface area contributed by atoms with Crippen molar-refractivity contribution in [3.8, 4) is 11.5 Å². The molecule has 1 aliphatic heterocycles. The lowest BCUT2D eigenvalue weighted by Gasteiger charge is -2.28. The monoisotopic (exact) mass is 347 g/mol. The smallest absolute Gasteiger partial charge is 0.241 e. The SMILES string of the molecule is CCc1cccc2c1OCCC2NS(=O)(=O)c1ccc(OC)cc1. The van der Waals surface area contributed by atoms with E-state index in [4.69, 9.17) is 9.47 Å². The van der Waals surface area contributed by atoms with E-state index in [2.05, 4.69) is 11.6 Å². The van der Waals surface area contributed by atoms with Crippen molar-refractivity contribution in [1.29, 1.82) is 0 Å². The Bertz CT molecular complexity index is 815. The Morgan fingerprint density at radius 2 is 1.96 bits per heavy atom. The molecule has 0 aliphatic carbocycles. The molecule has 1 aliphatic rings. The van der Waals surface area contributed by atoms with Gasteiger partial charge in [-0.05, 0) is 36.2 Å². The van der Waals surface area contributed by atoms with Gasteiger partial charge >= 0.3 is 0 Å². The summed E-state index contributed by atoms with van der Waals surface area (Å²) < 4.78 is 39.0. The maximum Gasteiger partial charge on any atom is 0.241 e. The Hall–Kier alpha value is -2.05. The van der Waals surface area contributed by atoms with E-state index >= 15 is 0 Å². The van der Waals surface area contributed by atoms with Crippen LogP contribution in [0.25, 0.3) is 0 Å². The summed E-state index contributed by atoms with van der Waals surface area (Å²) in [6.07, 6.45) is 1.46. The highest BCUT2D eigenvalue weighted by molar-refractivity contribution is 7.89. The maximum atomic E-state index is 12.7. The third-order valence-electron chi connectivity index (χ3n) is 4.20. The van der Waals surface area contributed by atoms with E-state index in [1.54, 1.807) is 31.4 Å². The Morgan fingerprint density at radius 3 is 2.62 bits per heavy atom. The first-order valence-corrected chi connectivity index (χ1v) is 9.44. The molecular formula is C18H21NO4S. The highest BCUT2D eigenvalue weighted by Gasteiger charge is 2.27. The molecule has 1 atom stereocenters. The zero-order valence-corrected chi connectivity index (χ0v) is 14.6. The fourth-order valence-electron chi connectivity index (χ4n) is 2.90. The van der Waals surface area contributed by atoms with Crippen LogP contribution in [-0.4, -0.2) is 22.1 Å². The number of nitrogens with one attached hydrogen (secondary N) is 1. The van der Waals surface area contributed by atoms with Gasteiger partial charge in [0.05, 0.1) is 24.7 Å². The molecule has 0 spiro atoms. The van der Waals surface area contributed by atoms with Gasteiger partial charge in [0.2, 0.25) is 10.0 Å². The van der Waals surface area contributed by atoms with Crippen LogP contribution < -0.4 is 14.2 Å². The molecule has 0 saturated heterocycles. The number of sulfonamides is 1. The zero-order chi connectivity index (χ0) is 17.2. The standard InChI is InChI=1S/C18H21NO4S/c1-3-13-5-4-6-16-17(11-12-23-18(13)16)19-24(20,21)15-9-7-14(22-2)8-10-15/h4-10,17,19H,3,11-12H2,1-2H3. The van der Waals surface area contributed by atoms with Crippen LogP contribution in [-0.2, 0) is 16.4 Å². The van der Waals surface area contributed by atoms with E-state index in [1.807, 2.05) is 18.2 Å². The van der Waals surface area contributed by atoms with Gasteiger partial charge < -0.3 is 9.47 Å². The Balaban J connectivity index is 1.89. The average molecular weight is 347 g/mol. The summed E-state index contributed by atoms with van der Waals surface area (Å²) >= 11 is 0. The third kappa shape index (κ3) is 3.25. The van der Waals surface area contributed by atoms with Gasteiger partial charge in [-0.3, -0.25) is 0 Å². The first-order valence-electron chi connectivity index (χ1n) is 7.96. The van der Waals surface area contributed by atoms with E-state index < -0.39 is 10.0 Å². The highest BCUT2D eigenvalue weighted by Crippen LogP contribution is 2.36. The fourth-order valence-corrected chi connectivity index (χ4v) is 4.15. The molecule has 1 heterocycles. The van der Waals surface area contributed by atoms with E-state index in [0.717, 1.165) is 23.3 Å². The molecule has 0 aromatic heterocycles. The largest absolute Gasteiger partial charge is 0.497 e. The van der Waals surface area contributed by atoms with Gasteiger partial charge in [0.15, 0.2) is 0 Å². The van der Waals surface area contributed by atoms with Crippen LogP contribution in [0.3, 0.4) is 0 Å². The number of para-hydroxylation sites is 1. The van der Waals surface area contributed by atoms with E-state index in [0.29, 0.717) is 18.8 Å². The molecule has 5 nitrogen and oxygen atoms in total. The van der Waals surface area contributed by atoms with Crippen LogP contribution in [0.4, 0.5) is 0 Å². The fraction of sp³-hybridized carbons (Fsp3) is 0.333. The number of fused-ring (bicyclic) bond motifs is 1. The summed E-state index contributed by atoms with van der Waals surface area (Å²) in [5.41, 5.74) is 2.00. The van der Waals surface area contributed by atoms with Crippen LogP contribution >= 0.6 is 0 Å². The summed E-state index contributed by atoms with van der Waals surface area (Å²) in [5, 5.41) is 0. The predicted molar refractivity (Wildman–Crippen MR) is 92.0 cm³/mol. The molecule has 2 aromatic rings. The number of hydrogen-bond acceptors (Lipinski definition) is 4. The molecule has 2 aromatic carbocycles. The molecule has 24 heavy (non-hydrogen) atoms. The zero-order valence-electron chi connectivity index (χ0n) is 13.8. The van der Waals surface area contributed by atoms with E-state index in [9.17, 15) is 8.42 Å². The summed E-state index contributed by atoms with van der Waals surface area (Å²) in [6, 6.07) is 12.0. The number of benzene rings is 2. The molecule has 0 radical (unpaired) electrons. The first-order chi connectivity index (χ1) is 11.5. The Morgan fingerprint density at radius 1 is 1.21 bits per heavy atom. The minimum absolute atomic E-state index is 0.225. The summed E-state index contributed by atoms with van der Waals surface area (Å²) in [5.74, 6) is 1.44. The van der Waals surface area contributed by atoms with Crippen molar-refractivity contribution in [2.45, 2.75) is 30.7 Å². The molecular weight excluding hydrogens is 326 g/mol. The molecule has 0 saturated carbocycles. The van der Waals surface area contributed by atoms with Crippen LogP contribution in [0.15, 0.2) is 47.4 Å². The lowest BCUT2D eigenvalue weighted by Crippen LogP contribution is -2.32. The summed E-state index contributed by atoms with van der Waals surface area (Å²) in [7, 11) is -2.06. The third-order valence-corrected chi connectivity index (χ3v) is 5.69. The van der Waals surface area contributed by atoms with Gasteiger partial charge in [-0.15, -0.1) is 0 Å². The summed E-state index contributed by atoms with van der Waals surface area (Å²) in [6.45, 7) is 2.56. The molecule has 128 valence electrons. The number of hydrogen-bond donors (Lipinski definition) is 1. The topological polar surface area (TPSA) is 64.6 Å². The van der Waals surface area contributed by atoms with Crippen molar-refractivity contribution in [3.05, 3.63) is 53.6 Å². The molecule has 0 amide bonds. The Labute approximate surface area is 142 Å². The lowest BCUT2D eigenvalue weighted by molar-refractivity contribution is 0.260. The second-order valence-electron chi connectivity index (χ2n) is 5.68. The van der Waals surface area contributed by atoms with Crippen molar-refractivity contribution in [3.63, 3.8) is 0 Å². The lowest BCUT2D eigenvalue weighted by atomic mass is 9.97. The minimum Gasteiger partial charge on any atom is -0.497 e. The molecule has 1 unspecified atom stereocenters. The normalized spacial score (nSPS) is 17.0. The molecule has 0 bridgehead atoms. The van der Waals surface area contributed by atoms with Gasteiger partial charge in [0.1, 0.15) is 11.5 Å². The first kappa shape index (κ1) is 16.8. The number of ether oxygens (including phenoxy) is 2. The molecule has 6 heteroatoms. The van der Waals surface area contributed by atoms with Gasteiger partial charge in [-0.25, -0.2) is 13.1 Å².